The lowest BCUT2D eigenvalue weighted by molar-refractivity contribution is 0.0581. The Balaban J connectivity index is 2.53. The van der Waals surface area contributed by atoms with Crippen LogP contribution in [-0.4, -0.2) is 17.4 Å². The molecule has 2 N–H and O–H groups in total. The van der Waals surface area contributed by atoms with Crippen molar-refractivity contribution in [2.24, 2.45) is 0 Å². The number of amides is 1. The normalized spacial score (nSPS) is 20.9. The lowest BCUT2D eigenvalue weighted by Gasteiger charge is -2.27. The van der Waals surface area contributed by atoms with Crippen molar-refractivity contribution in [2.45, 2.75) is 6.35 Å². The molecule has 0 bridgehead atoms. The van der Waals surface area contributed by atoms with Crippen molar-refractivity contribution < 1.29 is 14.4 Å². The molecule has 1 aliphatic rings. The van der Waals surface area contributed by atoms with Crippen LogP contribution in [0.15, 0.2) is 24.3 Å². The van der Waals surface area contributed by atoms with E-state index in [0.29, 0.717) is 0 Å². The highest BCUT2D eigenvalue weighted by atomic mass is 19.2. The molecule has 0 fully saturated rings. The number of aliphatic hydroxyl groups excluding tert-OH is 1. The molecule has 5 heteroatoms. The Morgan fingerprint density at radius 1 is 1.46 bits per heavy atom. The zero-order valence-corrected chi connectivity index (χ0v) is 6.57. The van der Waals surface area contributed by atoms with Gasteiger partial charge in [-0.15, -0.1) is 0 Å². The third kappa shape index (κ3) is 1.13. The van der Waals surface area contributed by atoms with Gasteiger partial charge in [-0.25, -0.2) is 0 Å². The molecule has 1 atom stereocenters. The van der Waals surface area contributed by atoms with Crippen molar-refractivity contribution in [2.75, 3.05) is 5.12 Å². The van der Waals surface area contributed by atoms with Crippen LogP contribution < -0.4 is 10.4 Å². The highest BCUT2D eigenvalue weighted by Gasteiger charge is 2.28. The first kappa shape index (κ1) is 8.00. The van der Waals surface area contributed by atoms with E-state index in [9.17, 15) is 9.28 Å². The summed E-state index contributed by atoms with van der Waals surface area (Å²) in [6.07, 6.45) is -1.60. The van der Waals surface area contributed by atoms with Gasteiger partial charge in [-0.05, 0) is 12.1 Å². The molecule has 0 aliphatic carbocycles. The number of fused-ring (bicyclic) bond motifs is 1. The first-order valence-corrected chi connectivity index (χ1v) is 3.73. The summed E-state index contributed by atoms with van der Waals surface area (Å²) in [5.74, 6) is -0.475. The lowest BCUT2D eigenvalue weighted by atomic mass is 10.1. The smallest absolute Gasteiger partial charge is 0.256 e. The first-order chi connectivity index (χ1) is 6.20. The van der Waals surface area contributed by atoms with E-state index in [0.717, 1.165) is 0 Å². The monoisotopic (exact) mass is 182 g/mol. The molecule has 1 amide bonds. The van der Waals surface area contributed by atoms with E-state index in [1.807, 2.05) is 0 Å². The summed E-state index contributed by atoms with van der Waals surface area (Å²) < 4.78 is 13.1. The van der Waals surface area contributed by atoms with Crippen molar-refractivity contribution in [3.8, 4) is 0 Å². The van der Waals surface area contributed by atoms with Crippen molar-refractivity contribution in [3.63, 3.8) is 0 Å². The van der Waals surface area contributed by atoms with E-state index in [1.165, 1.54) is 12.1 Å². The van der Waals surface area contributed by atoms with Crippen LogP contribution in [-0.2, 0) is 0 Å². The number of nitrogens with zero attached hydrogens (tertiary/aromatic N) is 1. The third-order valence-electron chi connectivity index (χ3n) is 1.85. The number of para-hydroxylation sites is 1. The average Bonchev–Trinajstić information content (AvgIpc) is 2.15. The number of benzene rings is 1. The summed E-state index contributed by atoms with van der Waals surface area (Å²) in [5.41, 5.74) is 0.300. The minimum atomic E-state index is -1.60. The van der Waals surface area contributed by atoms with Crippen LogP contribution in [0, 0.1) is 0 Å². The van der Waals surface area contributed by atoms with Gasteiger partial charge in [-0.3, -0.25) is 4.79 Å². The maximum Gasteiger partial charge on any atom is 0.256 e. The molecule has 2 rings (SSSR count). The number of anilines is 1. The molecule has 4 nitrogen and oxygen atoms in total. The summed E-state index contributed by atoms with van der Waals surface area (Å²) in [7, 11) is 0. The summed E-state index contributed by atoms with van der Waals surface area (Å²) in [5, 5.41) is 11.2. The number of rotatable bonds is 0. The van der Waals surface area contributed by atoms with E-state index in [-0.39, 0.29) is 16.4 Å². The van der Waals surface area contributed by atoms with E-state index >= 15 is 0 Å². The number of halogens is 1. The van der Waals surface area contributed by atoms with Crippen LogP contribution in [0.2, 0.25) is 0 Å². The summed E-state index contributed by atoms with van der Waals surface area (Å²) in [6.45, 7) is 0. The predicted molar refractivity (Wildman–Crippen MR) is 43.5 cm³/mol. The zero-order chi connectivity index (χ0) is 9.42. The molecule has 0 saturated heterocycles. The minimum Gasteiger partial charge on any atom is -0.355 e. The number of nitrogens with one attached hydrogen (secondary N) is 1. The molecule has 1 unspecified atom stereocenters. The molecule has 1 aromatic rings. The highest BCUT2D eigenvalue weighted by molar-refractivity contribution is 6.01. The standard InChI is InChI=1S/C8H7FN2O2/c9-11-6-4-2-1-3-5(6)7(12)10-8(11)13/h1-4,8,13H,(H,10,12). The van der Waals surface area contributed by atoms with Gasteiger partial charge in [0.05, 0.1) is 11.3 Å². The van der Waals surface area contributed by atoms with Gasteiger partial charge in [-0.2, -0.15) is 5.12 Å². The van der Waals surface area contributed by atoms with E-state index in [1.54, 1.807) is 12.1 Å². The van der Waals surface area contributed by atoms with Crippen LogP contribution in [0.4, 0.5) is 10.2 Å². The van der Waals surface area contributed by atoms with Crippen molar-refractivity contribution >= 4 is 11.6 Å². The molecule has 1 heterocycles. The van der Waals surface area contributed by atoms with Gasteiger partial charge in [0, 0.05) is 0 Å². The predicted octanol–water partition coefficient (Wildman–Crippen LogP) is 0.397. The third-order valence-corrected chi connectivity index (χ3v) is 1.85. The molecule has 0 aromatic heterocycles. The van der Waals surface area contributed by atoms with Gasteiger partial charge >= 0.3 is 0 Å². The highest BCUT2D eigenvalue weighted by Crippen LogP contribution is 2.25. The van der Waals surface area contributed by atoms with Crippen LogP contribution in [0.5, 0.6) is 0 Å². The Bertz CT molecular complexity index is 356. The average molecular weight is 182 g/mol. The second kappa shape index (κ2) is 2.70. The largest absolute Gasteiger partial charge is 0.355 e. The number of hydrogen-bond donors (Lipinski definition) is 2. The van der Waals surface area contributed by atoms with Crippen molar-refractivity contribution in [1.82, 2.24) is 5.32 Å². The van der Waals surface area contributed by atoms with Crippen molar-refractivity contribution in [3.05, 3.63) is 29.8 Å². The molecule has 68 valence electrons. The number of carbonyl (C=O) groups excluding carboxylic acids is 1. The number of hydrogen-bond acceptors (Lipinski definition) is 3. The molecule has 0 saturated carbocycles. The van der Waals surface area contributed by atoms with Gasteiger partial charge in [0.15, 0.2) is 0 Å². The molecule has 0 radical (unpaired) electrons. The summed E-state index contributed by atoms with van der Waals surface area (Å²) in [6, 6.07) is 6.14. The van der Waals surface area contributed by atoms with Crippen LogP contribution in [0.3, 0.4) is 0 Å². The lowest BCUT2D eigenvalue weighted by Crippen LogP contribution is -2.49. The van der Waals surface area contributed by atoms with Gasteiger partial charge in [-0.1, -0.05) is 16.6 Å². The Hall–Kier alpha value is -1.62. The summed E-state index contributed by atoms with van der Waals surface area (Å²) in [4.78, 5) is 11.2. The van der Waals surface area contributed by atoms with Crippen molar-refractivity contribution in [1.29, 1.82) is 0 Å². The van der Waals surface area contributed by atoms with E-state index < -0.39 is 12.3 Å². The van der Waals surface area contributed by atoms with E-state index in [4.69, 9.17) is 5.11 Å². The first-order valence-electron chi connectivity index (χ1n) is 3.73. The maximum absolute atomic E-state index is 13.1. The maximum atomic E-state index is 13.1. The Morgan fingerprint density at radius 2 is 2.15 bits per heavy atom. The Morgan fingerprint density at radius 3 is 2.92 bits per heavy atom. The van der Waals surface area contributed by atoms with Gasteiger partial charge in [0.1, 0.15) is 0 Å². The fourth-order valence-corrected chi connectivity index (χ4v) is 1.24. The number of carbonyl (C=O) groups is 1. The van der Waals surface area contributed by atoms with E-state index in [2.05, 4.69) is 5.32 Å². The van der Waals surface area contributed by atoms with Gasteiger partial charge in [0.2, 0.25) is 6.35 Å². The topological polar surface area (TPSA) is 52.6 Å². The fraction of sp³-hybridized carbons (Fsp3) is 0.125. The molecular weight excluding hydrogens is 175 g/mol. The molecule has 1 aliphatic heterocycles. The quantitative estimate of drug-likeness (QED) is 0.571. The minimum absolute atomic E-state index is 0.0822. The number of aliphatic hydroxyl groups is 1. The van der Waals surface area contributed by atoms with Crippen LogP contribution in [0.25, 0.3) is 0 Å². The van der Waals surface area contributed by atoms with Crippen LogP contribution in [0.1, 0.15) is 10.4 Å². The second-order valence-corrected chi connectivity index (χ2v) is 2.68. The molecule has 0 spiro atoms. The SMILES string of the molecule is O=C1NC(O)N(F)c2ccccc21. The van der Waals surface area contributed by atoms with Gasteiger partial charge < -0.3 is 10.4 Å². The summed E-state index contributed by atoms with van der Waals surface area (Å²) >= 11 is 0. The molecular formula is C8H7FN2O2. The molecule has 1 aromatic carbocycles. The molecule has 13 heavy (non-hydrogen) atoms. The zero-order valence-electron chi connectivity index (χ0n) is 6.57. The van der Waals surface area contributed by atoms with Gasteiger partial charge in [0.25, 0.3) is 5.91 Å². The fourth-order valence-electron chi connectivity index (χ4n) is 1.24. The Kier molecular flexibility index (Phi) is 1.66. The van der Waals surface area contributed by atoms with Crippen LogP contribution >= 0.6 is 0 Å². The Labute approximate surface area is 73.5 Å². The second-order valence-electron chi connectivity index (χ2n) is 2.68.